The molecule has 4 rings (SSSR count). The van der Waals surface area contributed by atoms with E-state index >= 15 is 0 Å². The third kappa shape index (κ3) is 1.70. The number of aliphatic hydroxyl groups excluding tert-OH is 1. The summed E-state index contributed by atoms with van der Waals surface area (Å²) in [7, 11) is 0. The third-order valence-corrected chi connectivity index (χ3v) is 4.42. The summed E-state index contributed by atoms with van der Waals surface area (Å²) in [6.07, 6.45) is -0.969. The summed E-state index contributed by atoms with van der Waals surface area (Å²) in [6.45, 7) is 3.85. The molecule has 0 spiro atoms. The van der Waals surface area contributed by atoms with Gasteiger partial charge in [-0.15, -0.1) is 0 Å². The maximum absolute atomic E-state index is 12.8. The summed E-state index contributed by atoms with van der Waals surface area (Å²) >= 11 is 6.05. The first-order valence-electron chi connectivity index (χ1n) is 7.03. The summed E-state index contributed by atoms with van der Waals surface area (Å²) in [4.78, 5) is 12.8. The number of aryl methyl sites for hydroxylation is 2. The lowest BCUT2D eigenvalue weighted by molar-refractivity contribution is 0.223. The molecule has 1 aliphatic rings. The zero-order valence-corrected chi connectivity index (χ0v) is 12.9. The van der Waals surface area contributed by atoms with E-state index in [1.807, 2.05) is 19.9 Å². The Balaban J connectivity index is 2.18. The molecule has 22 heavy (non-hydrogen) atoms. The van der Waals surface area contributed by atoms with Crippen molar-refractivity contribution in [2.24, 2.45) is 0 Å². The number of halogens is 1. The van der Waals surface area contributed by atoms with Crippen molar-refractivity contribution < 1.29 is 9.52 Å². The number of hydrogen-bond acceptors (Lipinski definition) is 3. The van der Waals surface area contributed by atoms with Crippen LogP contribution in [0.4, 0.5) is 0 Å². The smallest absolute Gasteiger partial charge is 0.199 e. The van der Waals surface area contributed by atoms with Crippen LogP contribution < -0.4 is 5.43 Å². The highest BCUT2D eigenvalue weighted by molar-refractivity contribution is 6.31. The van der Waals surface area contributed by atoms with E-state index in [0.717, 1.165) is 11.1 Å². The molecule has 0 bridgehead atoms. The van der Waals surface area contributed by atoms with Gasteiger partial charge < -0.3 is 9.52 Å². The van der Waals surface area contributed by atoms with Gasteiger partial charge in [0.1, 0.15) is 17.4 Å². The van der Waals surface area contributed by atoms with E-state index in [0.29, 0.717) is 38.4 Å². The summed E-state index contributed by atoms with van der Waals surface area (Å²) in [6, 6.07) is 8.94. The predicted molar refractivity (Wildman–Crippen MR) is 86.5 cm³/mol. The van der Waals surface area contributed by atoms with Gasteiger partial charge in [0.15, 0.2) is 5.43 Å². The van der Waals surface area contributed by atoms with Crippen molar-refractivity contribution in [2.45, 2.75) is 20.0 Å². The average Bonchev–Trinajstić information content (AvgIpc) is 2.73. The molecule has 3 nitrogen and oxygen atoms in total. The molecule has 3 aromatic rings. The fourth-order valence-corrected chi connectivity index (χ4v) is 3.40. The second-order valence-corrected chi connectivity index (χ2v) is 6.20. The Morgan fingerprint density at radius 2 is 1.95 bits per heavy atom. The molecular formula is C18H13ClO3. The van der Waals surface area contributed by atoms with Crippen molar-refractivity contribution in [2.75, 3.05) is 0 Å². The second kappa shape index (κ2) is 4.45. The molecule has 1 aliphatic carbocycles. The molecule has 2 aromatic carbocycles. The maximum Gasteiger partial charge on any atom is 0.199 e. The van der Waals surface area contributed by atoms with Crippen LogP contribution in [0.5, 0.6) is 0 Å². The Labute approximate surface area is 131 Å². The van der Waals surface area contributed by atoms with Gasteiger partial charge in [-0.25, -0.2) is 0 Å². The molecular weight excluding hydrogens is 300 g/mol. The quantitative estimate of drug-likeness (QED) is 0.679. The van der Waals surface area contributed by atoms with Crippen LogP contribution in [-0.4, -0.2) is 5.11 Å². The van der Waals surface area contributed by atoms with E-state index in [1.165, 1.54) is 0 Å². The highest BCUT2D eigenvalue weighted by atomic mass is 35.5. The Kier molecular flexibility index (Phi) is 2.74. The molecule has 0 saturated heterocycles. The molecule has 1 N–H and O–H groups in total. The first-order chi connectivity index (χ1) is 10.5. The first kappa shape index (κ1) is 13.6. The Morgan fingerprint density at radius 3 is 2.73 bits per heavy atom. The van der Waals surface area contributed by atoms with Gasteiger partial charge in [0.05, 0.1) is 10.9 Å². The van der Waals surface area contributed by atoms with Crippen LogP contribution in [0.1, 0.15) is 28.4 Å². The van der Waals surface area contributed by atoms with E-state index in [1.54, 1.807) is 24.3 Å². The Bertz CT molecular complexity index is 1000. The summed E-state index contributed by atoms with van der Waals surface area (Å²) < 4.78 is 6.00. The molecule has 110 valence electrons. The number of rotatable bonds is 0. The fraction of sp³-hybridized carbons (Fsp3) is 0.167. The Hall–Kier alpha value is -2.10. The van der Waals surface area contributed by atoms with Crippen molar-refractivity contribution in [3.05, 3.63) is 67.8 Å². The zero-order chi connectivity index (χ0) is 15.6. The Morgan fingerprint density at radius 1 is 1.18 bits per heavy atom. The highest BCUT2D eigenvalue weighted by Crippen LogP contribution is 2.44. The van der Waals surface area contributed by atoms with Gasteiger partial charge in [-0.05, 0) is 48.7 Å². The molecule has 0 radical (unpaired) electrons. The van der Waals surface area contributed by atoms with Crippen LogP contribution in [0.2, 0.25) is 5.02 Å². The van der Waals surface area contributed by atoms with Crippen LogP contribution in [0.25, 0.3) is 22.3 Å². The summed E-state index contributed by atoms with van der Waals surface area (Å²) in [5.41, 5.74) is 3.93. The van der Waals surface area contributed by atoms with Crippen LogP contribution in [0, 0.1) is 13.8 Å². The SMILES string of the molecule is Cc1cc(C)c2oc3c(c(=O)c2c1)C(O)c1ccc(Cl)cc1-3. The van der Waals surface area contributed by atoms with E-state index < -0.39 is 6.10 Å². The highest BCUT2D eigenvalue weighted by Gasteiger charge is 2.33. The van der Waals surface area contributed by atoms with Crippen molar-refractivity contribution >= 4 is 22.6 Å². The van der Waals surface area contributed by atoms with Gasteiger partial charge in [-0.1, -0.05) is 23.7 Å². The van der Waals surface area contributed by atoms with Crippen LogP contribution >= 0.6 is 11.6 Å². The van der Waals surface area contributed by atoms with Gasteiger partial charge in [-0.2, -0.15) is 0 Å². The molecule has 1 aromatic heterocycles. The normalized spacial score (nSPS) is 15.9. The topological polar surface area (TPSA) is 50.4 Å². The molecule has 0 amide bonds. The number of hydrogen-bond donors (Lipinski definition) is 1. The van der Waals surface area contributed by atoms with E-state index in [-0.39, 0.29) is 5.43 Å². The third-order valence-electron chi connectivity index (χ3n) is 4.18. The molecule has 0 saturated carbocycles. The van der Waals surface area contributed by atoms with E-state index in [4.69, 9.17) is 16.0 Å². The molecule has 4 heteroatoms. The number of benzene rings is 2. The van der Waals surface area contributed by atoms with Crippen molar-refractivity contribution in [1.82, 2.24) is 0 Å². The largest absolute Gasteiger partial charge is 0.455 e. The zero-order valence-electron chi connectivity index (χ0n) is 12.1. The lowest BCUT2D eigenvalue weighted by Crippen LogP contribution is -2.12. The van der Waals surface area contributed by atoms with Gasteiger partial charge in [0.2, 0.25) is 0 Å². The second-order valence-electron chi connectivity index (χ2n) is 5.77. The lowest BCUT2D eigenvalue weighted by atomic mass is 10.0. The molecule has 1 heterocycles. The van der Waals surface area contributed by atoms with E-state index in [2.05, 4.69) is 0 Å². The maximum atomic E-state index is 12.8. The minimum Gasteiger partial charge on any atom is -0.455 e. The van der Waals surface area contributed by atoms with Crippen LogP contribution in [-0.2, 0) is 0 Å². The average molecular weight is 313 g/mol. The summed E-state index contributed by atoms with van der Waals surface area (Å²) in [5, 5.41) is 11.6. The molecule has 1 atom stereocenters. The van der Waals surface area contributed by atoms with Gasteiger partial charge in [0.25, 0.3) is 0 Å². The summed E-state index contributed by atoms with van der Waals surface area (Å²) in [5.74, 6) is 0.425. The predicted octanol–water partition coefficient (Wildman–Crippen LogP) is 4.13. The molecule has 0 fully saturated rings. The van der Waals surface area contributed by atoms with Gasteiger partial charge >= 0.3 is 0 Å². The van der Waals surface area contributed by atoms with Crippen molar-refractivity contribution in [3.8, 4) is 11.3 Å². The standard InChI is InChI=1S/C18H13ClO3/c1-8-5-9(2)17-13(6-8)16(21)14-15(20)11-4-3-10(19)7-12(11)18(14)22-17/h3-7,15,20H,1-2H3. The fourth-order valence-electron chi connectivity index (χ4n) is 3.23. The van der Waals surface area contributed by atoms with Crippen LogP contribution in [0.15, 0.2) is 39.5 Å². The van der Waals surface area contributed by atoms with Crippen LogP contribution in [0.3, 0.4) is 0 Å². The minimum atomic E-state index is -0.969. The van der Waals surface area contributed by atoms with Crippen molar-refractivity contribution in [1.29, 1.82) is 0 Å². The van der Waals surface area contributed by atoms with Crippen molar-refractivity contribution in [3.63, 3.8) is 0 Å². The molecule has 1 unspecified atom stereocenters. The lowest BCUT2D eigenvalue weighted by Gasteiger charge is -2.08. The van der Waals surface area contributed by atoms with Gasteiger partial charge in [-0.3, -0.25) is 4.79 Å². The number of fused-ring (bicyclic) bond motifs is 4. The number of aliphatic hydroxyl groups is 1. The first-order valence-corrected chi connectivity index (χ1v) is 7.41. The van der Waals surface area contributed by atoms with Gasteiger partial charge in [0, 0.05) is 10.6 Å². The van der Waals surface area contributed by atoms with E-state index in [9.17, 15) is 9.90 Å². The molecule has 0 aliphatic heterocycles. The monoisotopic (exact) mass is 312 g/mol. The minimum absolute atomic E-state index is 0.178.